The molecule has 0 unspecified atom stereocenters. The monoisotopic (exact) mass is 455 g/mol. The molecule has 0 radical (unpaired) electrons. The van der Waals surface area contributed by atoms with Crippen molar-refractivity contribution >= 4 is 29.0 Å². The third kappa shape index (κ3) is 3.87. The number of nitrogens with zero attached hydrogens (tertiary/aromatic N) is 2. The predicted octanol–water partition coefficient (Wildman–Crippen LogP) is 5.53. The van der Waals surface area contributed by atoms with Crippen molar-refractivity contribution in [3.8, 4) is 11.3 Å². The Bertz CT molecular complexity index is 1320. The zero-order valence-electron chi connectivity index (χ0n) is 17.8. The van der Waals surface area contributed by atoms with Crippen LogP contribution in [0.5, 0.6) is 0 Å². The van der Waals surface area contributed by atoms with Crippen molar-refractivity contribution in [1.29, 1.82) is 0 Å². The minimum absolute atomic E-state index is 0.190. The highest BCUT2D eigenvalue weighted by Gasteiger charge is 2.42. The number of thiocarbonyl (C=S) groups is 1. The molecule has 1 aliphatic rings. The number of rotatable bonds is 5. The van der Waals surface area contributed by atoms with E-state index >= 15 is 0 Å². The van der Waals surface area contributed by atoms with Crippen LogP contribution in [0.1, 0.15) is 39.5 Å². The Morgan fingerprint density at radius 3 is 2.52 bits per heavy atom. The second-order valence-electron chi connectivity index (χ2n) is 7.88. The van der Waals surface area contributed by atoms with E-state index in [-0.39, 0.29) is 17.6 Å². The average molecular weight is 456 g/mol. The van der Waals surface area contributed by atoms with E-state index in [0.29, 0.717) is 22.2 Å². The Kier molecular flexibility index (Phi) is 5.40. The van der Waals surface area contributed by atoms with Gasteiger partial charge in [0.2, 0.25) is 0 Å². The molecule has 0 spiro atoms. The van der Waals surface area contributed by atoms with Gasteiger partial charge in [0, 0.05) is 17.4 Å². The van der Waals surface area contributed by atoms with Gasteiger partial charge < -0.3 is 19.7 Å². The summed E-state index contributed by atoms with van der Waals surface area (Å²) >= 11 is 5.73. The number of benzene rings is 2. The zero-order valence-corrected chi connectivity index (χ0v) is 18.6. The fourth-order valence-corrected chi connectivity index (χ4v) is 4.51. The fourth-order valence-electron chi connectivity index (χ4n) is 4.17. The SMILES string of the molecule is Cc1ccc(N2C(=S)N[C@@H](c3ccccn3)[C@@H]2c2ccc(-c3ccccc3C(=O)O)o2)cc1. The second kappa shape index (κ2) is 8.52. The molecule has 2 N–H and O–H groups in total. The summed E-state index contributed by atoms with van der Waals surface area (Å²) in [6.45, 7) is 2.04. The molecule has 2 aromatic carbocycles. The number of aromatic carboxylic acids is 1. The highest BCUT2D eigenvalue weighted by Crippen LogP contribution is 2.43. The Morgan fingerprint density at radius 1 is 1.03 bits per heavy atom. The van der Waals surface area contributed by atoms with Crippen molar-refractivity contribution in [2.24, 2.45) is 0 Å². The van der Waals surface area contributed by atoms with Gasteiger partial charge in [0.1, 0.15) is 17.6 Å². The van der Waals surface area contributed by atoms with Crippen LogP contribution in [0.4, 0.5) is 5.69 Å². The van der Waals surface area contributed by atoms with Crippen LogP contribution in [-0.2, 0) is 0 Å². The molecule has 33 heavy (non-hydrogen) atoms. The van der Waals surface area contributed by atoms with E-state index in [1.165, 1.54) is 0 Å². The largest absolute Gasteiger partial charge is 0.478 e. The van der Waals surface area contributed by atoms with Gasteiger partial charge >= 0.3 is 5.97 Å². The third-order valence-electron chi connectivity index (χ3n) is 5.75. The van der Waals surface area contributed by atoms with Gasteiger partial charge in [-0.25, -0.2) is 4.79 Å². The number of carboxylic acids is 1. The molecular formula is C26H21N3O3S. The molecule has 2 atom stereocenters. The summed E-state index contributed by atoms with van der Waals surface area (Å²) in [6, 6.07) is 23.9. The minimum atomic E-state index is -1.00. The number of hydrogen-bond donors (Lipinski definition) is 2. The summed E-state index contributed by atoms with van der Waals surface area (Å²) in [6.07, 6.45) is 1.75. The van der Waals surface area contributed by atoms with Crippen LogP contribution >= 0.6 is 12.2 Å². The van der Waals surface area contributed by atoms with E-state index in [4.69, 9.17) is 16.6 Å². The lowest BCUT2D eigenvalue weighted by atomic mass is 10.0. The number of carbonyl (C=O) groups is 1. The van der Waals surface area contributed by atoms with Crippen molar-refractivity contribution in [2.75, 3.05) is 4.90 Å². The Balaban J connectivity index is 1.61. The molecule has 5 rings (SSSR count). The smallest absolute Gasteiger partial charge is 0.336 e. The summed E-state index contributed by atoms with van der Waals surface area (Å²) in [5.74, 6) is 0.151. The van der Waals surface area contributed by atoms with Crippen LogP contribution in [0.25, 0.3) is 11.3 Å². The van der Waals surface area contributed by atoms with Crippen LogP contribution in [0.3, 0.4) is 0 Å². The predicted molar refractivity (Wildman–Crippen MR) is 130 cm³/mol. The number of aromatic nitrogens is 1. The van der Waals surface area contributed by atoms with Crippen LogP contribution < -0.4 is 10.2 Å². The molecule has 2 aromatic heterocycles. The van der Waals surface area contributed by atoms with Crippen LogP contribution in [0, 0.1) is 6.92 Å². The van der Waals surface area contributed by atoms with Gasteiger partial charge in [-0.3, -0.25) is 4.98 Å². The first kappa shape index (κ1) is 20.9. The molecule has 0 bridgehead atoms. The molecule has 1 aliphatic heterocycles. The van der Waals surface area contributed by atoms with Crippen molar-refractivity contribution in [3.63, 3.8) is 0 Å². The lowest BCUT2D eigenvalue weighted by molar-refractivity contribution is 0.0697. The number of furan rings is 1. The molecule has 7 heteroatoms. The van der Waals surface area contributed by atoms with Gasteiger partial charge in [-0.15, -0.1) is 0 Å². The molecule has 1 saturated heterocycles. The van der Waals surface area contributed by atoms with Crippen molar-refractivity contribution < 1.29 is 14.3 Å². The van der Waals surface area contributed by atoms with E-state index in [2.05, 4.69) is 10.3 Å². The summed E-state index contributed by atoms with van der Waals surface area (Å²) in [5, 5.41) is 13.6. The molecule has 3 heterocycles. The van der Waals surface area contributed by atoms with Gasteiger partial charge in [-0.2, -0.15) is 0 Å². The van der Waals surface area contributed by atoms with Crippen LogP contribution in [-0.4, -0.2) is 21.2 Å². The van der Waals surface area contributed by atoms with Crippen molar-refractivity contribution in [2.45, 2.75) is 19.0 Å². The summed E-state index contributed by atoms with van der Waals surface area (Å²) in [4.78, 5) is 18.3. The topological polar surface area (TPSA) is 78.6 Å². The highest BCUT2D eigenvalue weighted by molar-refractivity contribution is 7.80. The molecule has 0 aliphatic carbocycles. The Hall–Kier alpha value is -3.97. The van der Waals surface area contributed by atoms with E-state index in [1.807, 2.05) is 60.4 Å². The number of carboxylic acid groups (broad SMARTS) is 1. The zero-order chi connectivity index (χ0) is 22.9. The van der Waals surface area contributed by atoms with Crippen molar-refractivity contribution in [3.05, 3.63) is 108 Å². The normalized spacial score (nSPS) is 17.7. The number of hydrogen-bond acceptors (Lipinski definition) is 4. The van der Waals surface area contributed by atoms with Gasteiger partial charge in [-0.1, -0.05) is 42.0 Å². The standard InChI is InChI=1S/C26H21N3O3S/c1-16-9-11-17(12-10-16)29-24(23(28-26(29)33)20-8-4-5-15-27-20)22-14-13-21(32-22)18-6-2-3-7-19(18)25(30)31/h2-15,23-24H,1H3,(H,28,33)(H,30,31)/t23-,24-/m0/s1. The van der Waals surface area contributed by atoms with E-state index in [9.17, 15) is 9.90 Å². The van der Waals surface area contributed by atoms with Gasteiger partial charge in [-0.05, 0) is 61.6 Å². The maximum Gasteiger partial charge on any atom is 0.336 e. The summed E-state index contributed by atoms with van der Waals surface area (Å²) in [7, 11) is 0. The van der Waals surface area contributed by atoms with E-state index < -0.39 is 5.97 Å². The van der Waals surface area contributed by atoms with Crippen LogP contribution in [0.2, 0.25) is 0 Å². The summed E-state index contributed by atoms with van der Waals surface area (Å²) < 4.78 is 6.29. The first-order valence-corrected chi connectivity index (χ1v) is 10.9. The molecule has 164 valence electrons. The lowest BCUT2D eigenvalue weighted by Gasteiger charge is -2.26. The maximum atomic E-state index is 11.7. The van der Waals surface area contributed by atoms with Gasteiger partial charge in [0.05, 0.1) is 17.3 Å². The average Bonchev–Trinajstić information content (AvgIpc) is 3.45. The number of aryl methyl sites for hydroxylation is 1. The minimum Gasteiger partial charge on any atom is -0.478 e. The van der Waals surface area contributed by atoms with Gasteiger partial charge in [0.15, 0.2) is 5.11 Å². The number of anilines is 1. The number of nitrogens with one attached hydrogen (secondary N) is 1. The lowest BCUT2D eigenvalue weighted by Crippen LogP contribution is -2.29. The Morgan fingerprint density at radius 2 is 1.79 bits per heavy atom. The second-order valence-corrected chi connectivity index (χ2v) is 8.27. The molecule has 6 nitrogen and oxygen atoms in total. The fraction of sp³-hybridized carbons (Fsp3) is 0.115. The summed E-state index contributed by atoms with van der Waals surface area (Å²) in [5.41, 5.74) is 3.64. The molecular weight excluding hydrogens is 434 g/mol. The van der Waals surface area contributed by atoms with Crippen LogP contribution in [0.15, 0.2) is 89.5 Å². The molecule has 4 aromatic rings. The van der Waals surface area contributed by atoms with E-state index in [1.54, 1.807) is 36.5 Å². The first-order valence-electron chi connectivity index (χ1n) is 10.5. The maximum absolute atomic E-state index is 11.7. The molecule has 1 fully saturated rings. The van der Waals surface area contributed by atoms with Gasteiger partial charge in [0.25, 0.3) is 0 Å². The molecule has 0 amide bonds. The van der Waals surface area contributed by atoms with E-state index in [0.717, 1.165) is 16.9 Å². The van der Waals surface area contributed by atoms with Crippen molar-refractivity contribution in [1.82, 2.24) is 10.3 Å². The first-order chi connectivity index (χ1) is 16.0. The molecule has 0 saturated carbocycles. The quantitative estimate of drug-likeness (QED) is 0.383. The third-order valence-corrected chi connectivity index (χ3v) is 6.07. The number of pyridine rings is 1. The highest BCUT2D eigenvalue weighted by atomic mass is 32.1. The Labute approximate surface area is 196 Å².